The molecular weight excluding hydrogens is 316 g/mol. The maximum absolute atomic E-state index is 11.1. The van der Waals surface area contributed by atoms with Crippen LogP contribution in [0.3, 0.4) is 0 Å². The second kappa shape index (κ2) is 7.07. The van der Waals surface area contributed by atoms with Crippen molar-refractivity contribution in [1.29, 1.82) is 0 Å². The Kier molecular flexibility index (Phi) is 5.12. The number of hydrogen-bond donors (Lipinski definition) is 0. The average molecular weight is 336 g/mol. The molecule has 1 heterocycles. The minimum atomic E-state index is -0.502. The molecule has 0 amide bonds. The van der Waals surface area contributed by atoms with Gasteiger partial charge in [0, 0.05) is 26.2 Å². The van der Waals surface area contributed by atoms with E-state index in [0.29, 0.717) is 29.6 Å². The molecule has 0 N–H and O–H groups in total. The first kappa shape index (κ1) is 17.4. The minimum Gasteiger partial charge on any atom is -0.493 e. The van der Waals surface area contributed by atoms with E-state index in [9.17, 15) is 10.1 Å². The number of nitrogens with zero attached hydrogens (tertiary/aromatic N) is 4. The van der Waals surface area contributed by atoms with E-state index < -0.39 is 4.92 Å². The van der Waals surface area contributed by atoms with Crippen LogP contribution in [0.2, 0.25) is 0 Å². The molecular formula is C15H20N4O5. The lowest BCUT2D eigenvalue weighted by Crippen LogP contribution is -2.20. The molecule has 0 unspecified atom stereocenters. The molecule has 2 aromatic rings. The summed E-state index contributed by atoms with van der Waals surface area (Å²) in [6.07, 6.45) is 1.41. The highest BCUT2D eigenvalue weighted by atomic mass is 16.6. The molecule has 0 fully saturated rings. The standard InChI is InChI=1S/C15H20N4O5/c1-17(15-14(19(20)21)16-9-18(15)2)8-10-6-7-11(22-3)13(24-5)12(10)23-4/h6-7,9H,8H2,1-5H3. The van der Waals surface area contributed by atoms with Crippen molar-refractivity contribution in [2.75, 3.05) is 33.3 Å². The molecule has 0 radical (unpaired) electrons. The van der Waals surface area contributed by atoms with Crippen molar-refractivity contribution < 1.29 is 19.1 Å². The Morgan fingerprint density at radius 2 is 1.88 bits per heavy atom. The zero-order valence-electron chi connectivity index (χ0n) is 14.3. The largest absolute Gasteiger partial charge is 0.493 e. The zero-order chi connectivity index (χ0) is 17.9. The van der Waals surface area contributed by atoms with Crippen molar-refractivity contribution in [2.24, 2.45) is 7.05 Å². The van der Waals surface area contributed by atoms with Crippen LogP contribution in [0.25, 0.3) is 0 Å². The van der Waals surface area contributed by atoms with E-state index in [1.54, 1.807) is 36.7 Å². The number of rotatable bonds is 7. The third-order valence-electron chi connectivity index (χ3n) is 3.62. The summed E-state index contributed by atoms with van der Waals surface area (Å²) in [6.45, 7) is 0.365. The van der Waals surface area contributed by atoms with Gasteiger partial charge in [0.05, 0.1) is 21.3 Å². The monoisotopic (exact) mass is 336 g/mol. The molecule has 1 aromatic carbocycles. The molecule has 0 aliphatic heterocycles. The molecule has 0 aliphatic carbocycles. The number of anilines is 1. The van der Waals surface area contributed by atoms with Crippen LogP contribution in [0, 0.1) is 10.1 Å². The van der Waals surface area contributed by atoms with Gasteiger partial charge in [-0.2, -0.15) is 0 Å². The number of aryl methyl sites for hydroxylation is 1. The molecule has 0 aliphatic rings. The molecule has 1 aromatic heterocycles. The minimum absolute atomic E-state index is 0.195. The summed E-state index contributed by atoms with van der Waals surface area (Å²) < 4.78 is 17.7. The number of aromatic nitrogens is 2. The van der Waals surface area contributed by atoms with Gasteiger partial charge in [-0.25, -0.2) is 0 Å². The molecule has 0 saturated heterocycles. The van der Waals surface area contributed by atoms with Gasteiger partial charge in [-0.05, 0) is 22.0 Å². The Bertz CT molecular complexity index is 744. The predicted molar refractivity (Wildman–Crippen MR) is 88.1 cm³/mol. The zero-order valence-corrected chi connectivity index (χ0v) is 14.3. The molecule has 0 bridgehead atoms. The lowest BCUT2D eigenvalue weighted by atomic mass is 10.1. The summed E-state index contributed by atoms with van der Waals surface area (Å²) in [7, 11) is 8.06. The smallest absolute Gasteiger partial charge is 0.406 e. The van der Waals surface area contributed by atoms with Gasteiger partial charge in [-0.15, -0.1) is 0 Å². The maximum Gasteiger partial charge on any atom is 0.406 e. The number of ether oxygens (including phenoxy) is 3. The number of methoxy groups -OCH3 is 3. The molecule has 130 valence electrons. The van der Waals surface area contributed by atoms with Gasteiger partial charge >= 0.3 is 5.82 Å². The molecule has 24 heavy (non-hydrogen) atoms. The maximum atomic E-state index is 11.1. The molecule has 0 atom stereocenters. The summed E-state index contributed by atoms with van der Waals surface area (Å²) >= 11 is 0. The van der Waals surface area contributed by atoms with Crippen molar-refractivity contribution in [3.63, 3.8) is 0 Å². The van der Waals surface area contributed by atoms with E-state index >= 15 is 0 Å². The van der Waals surface area contributed by atoms with Gasteiger partial charge in [0.15, 0.2) is 11.5 Å². The van der Waals surface area contributed by atoms with E-state index in [1.807, 2.05) is 6.07 Å². The summed E-state index contributed by atoms with van der Waals surface area (Å²) in [5.74, 6) is 1.75. The van der Waals surface area contributed by atoms with Crippen LogP contribution in [-0.4, -0.2) is 42.9 Å². The average Bonchev–Trinajstić information content (AvgIpc) is 2.96. The van der Waals surface area contributed by atoms with Crippen molar-refractivity contribution in [3.8, 4) is 17.2 Å². The number of imidazole rings is 1. The molecule has 2 rings (SSSR count). The topological polar surface area (TPSA) is 91.9 Å². The fraction of sp³-hybridized carbons (Fsp3) is 0.400. The highest BCUT2D eigenvalue weighted by Gasteiger charge is 2.25. The second-order valence-electron chi connectivity index (χ2n) is 5.11. The normalized spacial score (nSPS) is 10.4. The van der Waals surface area contributed by atoms with Crippen LogP contribution in [0.1, 0.15) is 5.56 Å². The molecule has 0 spiro atoms. The third kappa shape index (κ3) is 3.05. The first-order chi connectivity index (χ1) is 11.4. The van der Waals surface area contributed by atoms with E-state index in [-0.39, 0.29) is 5.82 Å². The summed E-state index contributed by atoms with van der Waals surface area (Å²) in [4.78, 5) is 16.2. The Balaban J connectivity index is 2.41. The number of benzene rings is 1. The highest BCUT2D eigenvalue weighted by Crippen LogP contribution is 2.40. The van der Waals surface area contributed by atoms with E-state index in [4.69, 9.17) is 14.2 Å². The van der Waals surface area contributed by atoms with Gasteiger partial charge in [0.2, 0.25) is 17.9 Å². The summed E-state index contributed by atoms with van der Waals surface area (Å²) in [5, 5.41) is 11.1. The Hall–Kier alpha value is -2.97. The molecule has 9 heteroatoms. The van der Waals surface area contributed by atoms with Gasteiger partial charge in [0.25, 0.3) is 0 Å². The molecule has 0 saturated carbocycles. The lowest BCUT2D eigenvalue weighted by Gasteiger charge is -2.21. The Morgan fingerprint density at radius 1 is 1.21 bits per heavy atom. The first-order valence-corrected chi connectivity index (χ1v) is 7.09. The van der Waals surface area contributed by atoms with Crippen LogP contribution in [0.4, 0.5) is 11.6 Å². The fourth-order valence-electron chi connectivity index (χ4n) is 2.60. The van der Waals surface area contributed by atoms with Crippen LogP contribution >= 0.6 is 0 Å². The number of hydrogen-bond acceptors (Lipinski definition) is 7. The van der Waals surface area contributed by atoms with E-state index in [1.165, 1.54) is 20.5 Å². The Labute approximate surface area is 139 Å². The van der Waals surface area contributed by atoms with Crippen molar-refractivity contribution in [2.45, 2.75) is 6.54 Å². The third-order valence-corrected chi connectivity index (χ3v) is 3.62. The van der Waals surface area contributed by atoms with Crippen molar-refractivity contribution in [3.05, 3.63) is 34.1 Å². The SMILES string of the molecule is COc1ccc(CN(C)c2c([N+](=O)[O-])ncn2C)c(OC)c1OC. The summed E-state index contributed by atoms with van der Waals surface area (Å²) in [5.41, 5.74) is 0.799. The lowest BCUT2D eigenvalue weighted by molar-refractivity contribution is -0.388. The second-order valence-corrected chi connectivity index (χ2v) is 5.11. The van der Waals surface area contributed by atoms with Gasteiger partial charge in [-0.1, -0.05) is 0 Å². The van der Waals surface area contributed by atoms with Crippen LogP contribution in [0.15, 0.2) is 18.5 Å². The fourth-order valence-corrected chi connectivity index (χ4v) is 2.60. The van der Waals surface area contributed by atoms with E-state index in [0.717, 1.165) is 5.56 Å². The van der Waals surface area contributed by atoms with Crippen LogP contribution in [0.5, 0.6) is 17.2 Å². The van der Waals surface area contributed by atoms with Gasteiger partial charge in [0.1, 0.15) is 0 Å². The van der Waals surface area contributed by atoms with Crippen LogP contribution < -0.4 is 19.1 Å². The predicted octanol–water partition coefficient (Wildman–Crippen LogP) is 1.99. The van der Waals surface area contributed by atoms with Gasteiger partial charge < -0.3 is 29.2 Å². The number of nitro groups is 1. The van der Waals surface area contributed by atoms with Crippen LogP contribution in [-0.2, 0) is 13.6 Å². The van der Waals surface area contributed by atoms with Crippen molar-refractivity contribution in [1.82, 2.24) is 9.55 Å². The first-order valence-electron chi connectivity index (χ1n) is 7.09. The quantitative estimate of drug-likeness (QED) is 0.564. The Morgan fingerprint density at radius 3 is 2.42 bits per heavy atom. The van der Waals surface area contributed by atoms with Gasteiger partial charge in [-0.3, -0.25) is 4.57 Å². The van der Waals surface area contributed by atoms with E-state index in [2.05, 4.69) is 4.98 Å². The summed E-state index contributed by atoms with van der Waals surface area (Å²) in [6, 6.07) is 3.60. The highest BCUT2D eigenvalue weighted by molar-refractivity contribution is 5.59. The molecule has 9 nitrogen and oxygen atoms in total. The van der Waals surface area contributed by atoms with Crippen molar-refractivity contribution >= 4 is 11.6 Å².